The molecule has 0 bridgehead atoms. The number of fused-ring (bicyclic) bond motifs is 1. The van der Waals surface area contributed by atoms with Crippen molar-refractivity contribution in [3.05, 3.63) is 0 Å². The fraction of sp³-hybridized carbons (Fsp3) is 0.846. The Bertz CT molecular complexity index is 216. The summed E-state index contributed by atoms with van der Waals surface area (Å²) in [5.74, 6) is 4.79. The highest BCUT2D eigenvalue weighted by molar-refractivity contribution is 4.88. The molecule has 2 rings (SSSR count). The molecular formula is C13H21N. The highest BCUT2D eigenvalue weighted by Crippen LogP contribution is 2.35. The van der Waals surface area contributed by atoms with Crippen molar-refractivity contribution in [1.29, 1.82) is 0 Å². The van der Waals surface area contributed by atoms with E-state index in [9.17, 15) is 0 Å². The van der Waals surface area contributed by atoms with Gasteiger partial charge in [-0.15, -0.1) is 12.3 Å². The van der Waals surface area contributed by atoms with E-state index in [1.165, 1.54) is 45.2 Å². The molecule has 0 amide bonds. The van der Waals surface area contributed by atoms with Crippen molar-refractivity contribution in [2.45, 2.75) is 38.5 Å². The first-order chi connectivity index (χ1) is 6.90. The first-order valence-electron chi connectivity index (χ1n) is 6.06. The van der Waals surface area contributed by atoms with Gasteiger partial charge < -0.3 is 4.90 Å². The van der Waals surface area contributed by atoms with Gasteiger partial charge in [0.15, 0.2) is 0 Å². The van der Waals surface area contributed by atoms with Gasteiger partial charge in [0.25, 0.3) is 0 Å². The van der Waals surface area contributed by atoms with Crippen LogP contribution >= 0.6 is 0 Å². The number of likely N-dealkylation sites (tertiary alicyclic amines) is 1. The van der Waals surface area contributed by atoms with Crippen LogP contribution in [0.1, 0.15) is 38.5 Å². The van der Waals surface area contributed by atoms with Crippen molar-refractivity contribution in [2.24, 2.45) is 11.8 Å². The van der Waals surface area contributed by atoms with Gasteiger partial charge in [-0.1, -0.05) is 19.3 Å². The van der Waals surface area contributed by atoms with Gasteiger partial charge in [-0.3, -0.25) is 0 Å². The Kier molecular flexibility index (Phi) is 3.48. The van der Waals surface area contributed by atoms with E-state index >= 15 is 0 Å². The van der Waals surface area contributed by atoms with Crippen LogP contribution < -0.4 is 0 Å². The van der Waals surface area contributed by atoms with Crippen molar-refractivity contribution in [3.8, 4) is 12.3 Å². The molecule has 0 radical (unpaired) electrons. The van der Waals surface area contributed by atoms with E-state index in [0.29, 0.717) is 0 Å². The second kappa shape index (κ2) is 4.84. The van der Waals surface area contributed by atoms with Gasteiger partial charge >= 0.3 is 0 Å². The summed E-state index contributed by atoms with van der Waals surface area (Å²) in [5, 5.41) is 0. The molecule has 1 saturated carbocycles. The Morgan fingerprint density at radius 1 is 1.14 bits per heavy atom. The smallest absolute Gasteiger partial charge is 0.0214 e. The minimum absolute atomic E-state index is 0.928. The minimum atomic E-state index is 0.928. The maximum atomic E-state index is 5.30. The summed E-state index contributed by atoms with van der Waals surface area (Å²) in [6.07, 6.45) is 13.6. The summed E-state index contributed by atoms with van der Waals surface area (Å²) < 4.78 is 0. The third-order valence-electron chi connectivity index (χ3n) is 3.95. The quantitative estimate of drug-likeness (QED) is 0.606. The molecule has 78 valence electrons. The molecule has 2 unspecified atom stereocenters. The number of nitrogens with zero attached hydrogens (tertiary/aromatic N) is 1. The van der Waals surface area contributed by atoms with Crippen molar-refractivity contribution in [2.75, 3.05) is 19.6 Å². The molecular weight excluding hydrogens is 170 g/mol. The predicted molar refractivity (Wildman–Crippen MR) is 60.0 cm³/mol. The maximum absolute atomic E-state index is 5.30. The van der Waals surface area contributed by atoms with Gasteiger partial charge in [0, 0.05) is 19.5 Å². The average molecular weight is 191 g/mol. The molecule has 2 aliphatic rings. The fourth-order valence-electron chi connectivity index (χ4n) is 3.10. The van der Waals surface area contributed by atoms with Gasteiger partial charge in [0.2, 0.25) is 0 Å². The van der Waals surface area contributed by atoms with Crippen LogP contribution in [0.3, 0.4) is 0 Å². The lowest BCUT2D eigenvalue weighted by molar-refractivity contribution is 0.0886. The SMILES string of the molecule is C#CCCN1CCC2CCCCC2C1. The largest absolute Gasteiger partial charge is 0.302 e. The van der Waals surface area contributed by atoms with Crippen LogP contribution in [0.25, 0.3) is 0 Å². The molecule has 1 aliphatic carbocycles. The predicted octanol–water partition coefficient (Wildman–Crippen LogP) is 2.52. The zero-order valence-electron chi connectivity index (χ0n) is 9.04. The van der Waals surface area contributed by atoms with E-state index in [2.05, 4.69) is 10.8 Å². The second-order valence-electron chi connectivity index (χ2n) is 4.85. The molecule has 1 heterocycles. The van der Waals surface area contributed by atoms with Crippen molar-refractivity contribution in [1.82, 2.24) is 4.90 Å². The van der Waals surface area contributed by atoms with E-state index in [4.69, 9.17) is 6.42 Å². The third kappa shape index (κ3) is 2.30. The van der Waals surface area contributed by atoms with Crippen LogP contribution in [0.5, 0.6) is 0 Å². The number of hydrogen-bond acceptors (Lipinski definition) is 1. The highest BCUT2D eigenvalue weighted by atomic mass is 15.1. The Hall–Kier alpha value is -0.480. The Morgan fingerprint density at radius 2 is 1.93 bits per heavy atom. The molecule has 0 aromatic rings. The number of rotatable bonds is 2. The lowest BCUT2D eigenvalue weighted by atomic mass is 9.75. The maximum Gasteiger partial charge on any atom is 0.0214 e. The topological polar surface area (TPSA) is 3.24 Å². The minimum Gasteiger partial charge on any atom is -0.302 e. The molecule has 14 heavy (non-hydrogen) atoms. The van der Waals surface area contributed by atoms with Crippen LogP contribution in [0, 0.1) is 24.2 Å². The number of piperidine rings is 1. The molecule has 0 N–H and O–H groups in total. The Labute approximate surface area is 87.9 Å². The fourth-order valence-corrected chi connectivity index (χ4v) is 3.10. The lowest BCUT2D eigenvalue weighted by Crippen LogP contribution is -2.42. The van der Waals surface area contributed by atoms with Crippen molar-refractivity contribution < 1.29 is 0 Å². The molecule has 2 atom stereocenters. The molecule has 2 fully saturated rings. The number of terminal acetylenes is 1. The first-order valence-corrected chi connectivity index (χ1v) is 6.06. The molecule has 0 aromatic carbocycles. The van der Waals surface area contributed by atoms with E-state index < -0.39 is 0 Å². The molecule has 1 nitrogen and oxygen atoms in total. The normalized spacial score (nSPS) is 33.4. The van der Waals surface area contributed by atoms with E-state index in [1.54, 1.807) is 0 Å². The van der Waals surface area contributed by atoms with E-state index in [-0.39, 0.29) is 0 Å². The summed E-state index contributed by atoms with van der Waals surface area (Å²) in [5.41, 5.74) is 0. The van der Waals surface area contributed by atoms with Gasteiger partial charge in [0.05, 0.1) is 0 Å². The average Bonchev–Trinajstić information content (AvgIpc) is 2.26. The van der Waals surface area contributed by atoms with E-state index in [1.807, 2.05) is 0 Å². The summed E-state index contributed by atoms with van der Waals surface area (Å²) in [6.45, 7) is 3.74. The van der Waals surface area contributed by atoms with Gasteiger partial charge in [0.1, 0.15) is 0 Å². The second-order valence-corrected chi connectivity index (χ2v) is 4.85. The Balaban J connectivity index is 1.81. The van der Waals surface area contributed by atoms with Crippen LogP contribution in [-0.2, 0) is 0 Å². The molecule has 1 heteroatoms. The van der Waals surface area contributed by atoms with Crippen LogP contribution in [0.2, 0.25) is 0 Å². The van der Waals surface area contributed by atoms with E-state index in [0.717, 1.165) is 24.8 Å². The number of hydrogen-bond donors (Lipinski definition) is 0. The standard InChI is InChI=1S/C13H21N/c1-2-3-9-14-10-8-12-6-4-5-7-13(12)11-14/h1,12-13H,3-11H2. The van der Waals surface area contributed by atoms with Crippen LogP contribution in [0.15, 0.2) is 0 Å². The van der Waals surface area contributed by atoms with Gasteiger partial charge in [-0.2, -0.15) is 0 Å². The van der Waals surface area contributed by atoms with Gasteiger partial charge in [-0.05, 0) is 31.2 Å². The highest BCUT2D eigenvalue weighted by Gasteiger charge is 2.30. The summed E-state index contributed by atoms with van der Waals surface area (Å²) in [4.78, 5) is 2.58. The van der Waals surface area contributed by atoms with Gasteiger partial charge in [-0.25, -0.2) is 0 Å². The summed E-state index contributed by atoms with van der Waals surface area (Å²) in [6, 6.07) is 0. The van der Waals surface area contributed by atoms with Crippen molar-refractivity contribution in [3.63, 3.8) is 0 Å². The molecule has 0 aromatic heterocycles. The molecule has 1 saturated heterocycles. The summed E-state index contributed by atoms with van der Waals surface area (Å²) in [7, 11) is 0. The summed E-state index contributed by atoms with van der Waals surface area (Å²) >= 11 is 0. The van der Waals surface area contributed by atoms with Crippen molar-refractivity contribution >= 4 is 0 Å². The Morgan fingerprint density at radius 3 is 2.71 bits per heavy atom. The first kappa shape index (κ1) is 10.1. The molecule has 0 spiro atoms. The monoisotopic (exact) mass is 191 g/mol. The molecule has 1 aliphatic heterocycles. The zero-order chi connectivity index (χ0) is 9.80. The van der Waals surface area contributed by atoms with Crippen LogP contribution in [0.4, 0.5) is 0 Å². The zero-order valence-corrected chi connectivity index (χ0v) is 9.04. The van der Waals surface area contributed by atoms with Crippen LogP contribution in [-0.4, -0.2) is 24.5 Å². The third-order valence-corrected chi connectivity index (χ3v) is 3.95. The lowest BCUT2D eigenvalue weighted by Gasteiger charge is -2.41.